The summed E-state index contributed by atoms with van der Waals surface area (Å²) in [6.45, 7) is 0. The molecule has 1 unspecified atom stereocenters. The van der Waals surface area contributed by atoms with Crippen LogP contribution in [0.2, 0.25) is 5.02 Å². The average Bonchev–Trinajstić information content (AvgIpc) is 2.53. The molecule has 1 saturated carbocycles. The third-order valence-corrected chi connectivity index (χ3v) is 4.84. The van der Waals surface area contributed by atoms with Crippen molar-refractivity contribution in [3.63, 3.8) is 0 Å². The van der Waals surface area contributed by atoms with E-state index in [1.165, 1.54) is 38.5 Å². The van der Waals surface area contributed by atoms with Gasteiger partial charge in [0.05, 0.1) is 14.2 Å². The number of rotatable bonds is 6. The summed E-state index contributed by atoms with van der Waals surface area (Å²) in [5, 5.41) is 0.656. The Labute approximate surface area is 132 Å². The van der Waals surface area contributed by atoms with Gasteiger partial charge >= 0.3 is 0 Å². The fourth-order valence-corrected chi connectivity index (χ4v) is 3.49. The zero-order valence-electron chi connectivity index (χ0n) is 13.0. The minimum absolute atomic E-state index is 0.0424. The first-order chi connectivity index (χ1) is 10.2. The molecule has 0 heterocycles. The van der Waals surface area contributed by atoms with Gasteiger partial charge in [-0.15, -0.1) is 0 Å². The van der Waals surface area contributed by atoms with Gasteiger partial charge in [0.2, 0.25) is 0 Å². The number of benzene rings is 1. The van der Waals surface area contributed by atoms with Crippen LogP contribution in [0.1, 0.15) is 56.6 Å². The molecule has 1 aliphatic rings. The standard InChI is InChI=1S/C17H26ClNO2/c1-20-16-10-13(14(18)11-17(16)21-2)15(19)9-8-12-6-4-3-5-7-12/h10-12,15H,3-9,19H2,1-2H3. The maximum Gasteiger partial charge on any atom is 0.162 e. The van der Waals surface area contributed by atoms with E-state index in [0.717, 1.165) is 17.9 Å². The quantitative estimate of drug-likeness (QED) is 0.827. The van der Waals surface area contributed by atoms with Crippen molar-refractivity contribution in [2.24, 2.45) is 11.7 Å². The lowest BCUT2D eigenvalue weighted by Crippen LogP contribution is -2.14. The lowest BCUT2D eigenvalue weighted by atomic mass is 9.84. The van der Waals surface area contributed by atoms with Gasteiger partial charge in [0.25, 0.3) is 0 Å². The Morgan fingerprint density at radius 3 is 2.38 bits per heavy atom. The van der Waals surface area contributed by atoms with Gasteiger partial charge in [-0.2, -0.15) is 0 Å². The third-order valence-electron chi connectivity index (χ3n) is 4.51. The fraction of sp³-hybridized carbons (Fsp3) is 0.647. The van der Waals surface area contributed by atoms with E-state index in [1.54, 1.807) is 20.3 Å². The second-order valence-electron chi connectivity index (χ2n) is 5.92. The number of nitrogens with two attached hydrogens (primary N) is 1. The maximum absolute atomic E-state index is 6.35. The molecule has 3 nitrogen and oxygen atoms in total. The second-order valence-corrected chi connectivity index (χ2v) is 6.32. The molecule has 2 N–H and O–H groups in total. The lowest BCUT2D eigenvalue weighted by molar-refractivity contribution is 0.323. The Balaban J connectivity index is 2.02. The molecule has 1 aliphatic carbocycles. The summed E-state index contributed by atoms with van der Waals surface area (Å²) in [6.07, 6.45) is 9.00. The molecule has 4 heteroatoms. The van der Waals surface area contributed by atoms with Crippen molar-refractivity contribution in [1.82, 2.24) is 0 Å². The summed E-state index contributed by atoms with van der Waals surface area (Å²) in [5.41, 5.74) is 7.30. The minimum Gasteiger partial charge on any atom is -0.493 e. The van der Waals surface area contributed by atoms with Crippen molar-refractivity contribution in [3.05, 3.63) is 22.7 Å². The number of hydrogen-bond donors (Lipinski definition) is 1. The first-order valence-corrected chi connectivity index (χ1v) is 8.20. The third kappa shape index (κ3) is 4.27. The molecule has 0 spiro atoms. The predicted molar refractivity (Wildman–Crippen MR) is 87.3 cm³/mol. The molecule has 1 fully saturated rings. The zero-order chi connectivity index (χ0) is 15.2. The minimum atomic E-state index is -0.0424. The molecular weight excluding hydrogens is 286 g/mol. The summed E-state index contributed by atoms with van der Waals surface area (Å²) in [7, 11) is 3.24. The highest BCUT2D eigenvalue weighted by Crippen LogP contribution is 2.37. The molecule has 0 bridgehead atoms. The molecule has 2 rings (SSSR count). The van der Waals surface area contributed by atoms with Crippen molar-refractivity contribution in [1.29, 1.82) is 0 Å². The highest BCUT2D eigenvalue weighted by atomic mass is 35.5. The molecule has 0 aliphatic heterocycles. The van der Waals surface area contributed by atoms with Crippen LogP contribution in [0, 0.1) is 5.92 Å². The molecule has 1 aromatic rings. The van der Waals surface area contributed by atoms with Crippen LogP contribution in [-0.4, -0.2) is 14.2 Å². The Kier molecular flexibility index (Phi) is 6.19. The zero-order valence-corrected chi connectivity index (χ0v) is 13.8. The molecule has 21 heavy (non-hydrogen) atoms. The first kappa shape index (κ1) is 16.4. The number of hydrogen-bond acceptors (Lipinski definition) is 3. The van der Waals surface area contributed by atoms with E-state index < -0.39 is 0 Å². The topological polar surface area (TPSA) is 44.5 Å². The van der Waals surface area contributed by atoms with E-state index >= 15 is 0 Å². The summed E-state index contributed by atoms with van der Waals surface area (Å²) < 4.78 is 10.6. The van der Waals surface area contributed by atoms with Crippen LogP contribution in [-0.2, 0) is 0 Å². The molecule has 1 atom stereocenters. The fourth-order valence-electron chi connectivity index (χ4n) is 3.20. The molecule has 118 valence electrons. The van der Waals surface area contributed by atoms with E-state index in [4.69, 9.17) is 26.8 Å². The smallest absolute Gasteiger partial charge is 0.162 e. The van der Waals surface area contributed by atoms with Crippen molar-refractivity contribution in [3.8, 4) is 11.5 Å². The summed E-state index contributed by atoms with van der Waals surface area (Å²) in [4.78, 5) is 0. The van der Waals surface area contributed by atoms with E-state index in [1.807, 2.05) is 6.07 Å². The molecule has 0 saturated heterocycles. The van der Waals surface area contributed by atoms with Crippen molar-refractivity contribution in [2.45, 2.75) is 51.0 Å². The van der Waals surface area contributed by atoms with E-state index in [0.29, 0.717) is 16.5 Å². The maximum atomic E-state index is 6.35. The Bertz CT molecular complexity index is 458. The summed E-state index contributed by atoms with van der Waals surface area (Å²) in [6, 6.07) is 3.65. The Morgan fingerprint density at radius 2 is 1.76 bits per heavy atom. The van der Waals surface area contributed by atoms with Crippen LogP contribution in [0.3, 0.4) is 0 Å². The van der Waals surface area contributed by atoms with E-state index in [-0.39, 0.29) is 6.04 Å². The molecule has 0 amide bonds. The van der Waals surface area contributed by atoms with Crippen molar-refractivity contribution >= 4 is 11.6 Å². The number of halogens is 1. The molecule has 0 aromatic heterocycles. The van der Waals surface area contributed by atoms with Crippen LogP contribution in [0.5, 0.6) is 11.5 Å². The molecular formula is C17H26ClNO2. The average molecular weight is 312 g/mol. The van der Waals surface area contributed by atoms with E-state index in [9.17, 15) is 0 Å². The van der Waals surface area contributed by atoms with Crippen LogP contribution < -0.4 is 15.2 Å². The highest BCUT2D eigenvalue weighted by Gasteiger charge is 2.18. The van der Waals surface area contributed by atoms with Crippen molar-refractivity contribution in [2.75, 3.05) is 14.2 Å². The predicted octanol–water partition coefficient (Wildman–Crippen LogP) is 4.72. The van der Waals surface area contributed by atoms with Crippen molar-refractivity contribution < 1.29 is 9.47 Å². The highest BCUT2D eigenvalue weighted by molar-refractivity contribution is 6.31. The van der Waals surface area contributed by atoms with Gasteiger partial charge < -0.3 is 15.2 Å². The van der Waals surface area contributed by atoms with Gasteiger partial charge in [-0.25, -0.2) is 0 Å². The van der Waals surface area contributed by atoms with Crippen LogP contribution in [0.25, 0.3) is 0 Å². The normalized spacial score (nSPS) is 17.5. The van der Waals surface area contributed by atoms with Gasteiger partial charge in [-0.1, -0.05) is 43.7 Å². The van der Waals surface area contributed by atoms with Crippen LogP contribution in [0.4, 0.5) is 0 Å². The van der Waals surface area contributed by atoms with Gasteiger partial charge in [0.1, 0.15) is 0 Å². The van der Waals surface area contributed by atoms with Gasteiger partial charge in [-0.3, -0.25) is 0 Å². The Morgan fingerprint density at radius 1 is 1.14 bits per heavy atom. The monoisotopic (exact) mass is 311 g/mol. The van der Waals surface area contributed by atoms with E-state index in [2.05, 4.69) is 0 Å². The SMILES string of the molecule is COc1cc(Cl)c(C(N)CCC2CCCCC2)cc1OC. The largest absolute Gasteiger partial charge is 0.493 e. The molecule has 0 radical (unpaired) electrons. The Hall–Kier alpha value is -0.930. The van der Waals surface area contributed by atoms with Gasteiger partial charge in [-0.05, 0) is 30.4 Å². The summed E-state index contributed by atoms with van der Waals surface area (Å²) in [5.74, 6) is 2.17. The second kappa shape index (κ2) is 7.90. The van der Waals surface area contributed by atoms with Crippen LogP contribution in [0.15, 0.2) is 12.1 Å². The number of ether oxygens (including phenoxy) is 2. The summed E-state index contributed by atoms with van der Waals surface area (Å²) >= 11 is 6.34. The number of methoxy groups -OCH3 is 2. The lowest BCUT2D eigenvalue weighted by Gasteiger charge is -2.23. The van der Waals surface area contributed by atoms with Gasteiger partial charge in [0, 0.05) is 17.1 Å². The first-order valence-electron chi connectivity index (χ1n) is 7.82. The molecule has 1 aromatic carbocycles. The van der Waals surface area contributed by atoms with Crippen LogP contribution >= 0.6 is 11.6 Å². The van der Waals surface area contributed by atoms with Gasteiger partial charge in [0.15, 0.2) is 11.5 Å².